The van der Waals surface area contributed by atoms with Crippen LogP contribution in [0, 0.1) is 5.92 Å². The molecule has 0 saturated carbocycles. The molecule has 2 atom stereocenters. The molecule has 12 heteroatoms. The molecule has 1 aliphatic heterocycles. The zero-order valence-electron chi connectivity index (χ0n) is 18.8. The Morgan fingerprint density at radius 2 is 2.00 bits per heavy atom. The number of halogens is 2. The molecular weight excluding hydrogens is 505 g/mol. The maximum atomic E-state index is 13.1. The molecule has 2 N–H and O–H groups in total. The van der Waals surface area contributed by atoms with Gasteiger partial charge in [-0.3, -0.25) is 9.59 Å². The quantitative estimate of drug-likeness (QED) is 0.513. The molecule has 34 heavy (non-hydrogen) atoms. The first-order valence-electron chi connectivity index (χ1n) is 10.8. The topological polar surface area (TPSA) is 118 Å². The maximum Gasteiger partial charge on any atom is 0.287 e. The monoisotopic (exact) mass is 531 g/mol. The van der Waals surface area contributed by atoms with E-state index in [4.69, 9.17) is 32.4 Å². The number of sulfonamides is 1. The fraction of sp³-hybridized carbons (Fsp3) is 0.455. The van der Waals surface area contributed by atoms with Gasteiger partial charge in [0, 0.05) is 24.7 Å². The van der Waals surface area contributed by atoms with Gasteiger partial charge in [-0.2, -0.15) is 4.31 Å². The summed E-state index contributed by atoms with van der Waals surface area (Å²) in [6, 6.07) is 6.52. The number of hydrogen-bond acceptors (Lipinski definition) is 6. The second-order valence-electron chi connectivity index (χ2n) is 8.31. The Bertz CT molecular complexity index is 1110. The predicted octanol–water partition coefficient (Wildman–Crippen LogP) is 2.94. The van der Waals surface area contributed by atoms with Crippen molar-refractivity contribution in [3.8, 4) is 0 Å². The Morgan fingerprint density at radius 1 is 1.24 bits per heavy atom. The van der Waals surface area contributed by atoms with Crippen molar-refractivity contribution in [1.29, 1.82) is 0 Å². The van der Waals surface area contributed by atoms with Crippen LogP contribution in [-0.2, 0) is 19.6 Å². The molecule has 0 aliphatic carbocycles. The van der Waals surface area contributed by atoms with Gasteiger partial charge in [0.1, 0.15) is 10.9 Å². The van der Waals surface area contributed by atoms with Gasteiger partial charge in [0.05, 0.1) is 24.0 Å². The molecule has 1 fully saturated rings. The molecule has 1 aromatic carbocycles. The summed E-state index contributed by atoms with van der Waals surface area (Å²) in [4.78, 5) is 25.1. The molecule has 1 unspecified atom stereocenters. The van der Waals surface area contributed by atoms with E-state index in [1.165, 1.54) is 34.8 Å². The van der Waals surface area contributed by atoms with Crippen molar-refractivity contribution in [2.24, 2.45) is 5.92 Å². The molecule has 1 aliphatic rings. The number of nitrogens with one attached hydrogen (secondary N) is 2. The fourth-order valence-electron chi connectivity index (χ4n) is 3.54. The average Bonchev–Trinajstić information content (AvgIpc) is 3.32. The number of furan rings is 1. The first-order valence-corrected chi connectivity index (χ1v) is 13.0. The van der Waals surface area contributed by atoms with Crippen molar-refractivity contribution < 1.29 is 27.2 Å². The van der Waals surface area contributed by atoms with Crippen LogP contribution in [0.1, 0.15) is 30.8 Å². The highest BCUT2D eigenvalue weighted by Crippen LogP contribution is 2.28. The highest BCUT2D eigenvalue weighted by Gasteiger charge is 2.33. The zero-order valence-corrected chi connectivity index (χ0v) is 21.1. The number of benzene rings is 1. The van der Waals surface area contributed by atoms with Gasteiger partial charge in [0.15, 0.2) is 5.76 Å². The number of amides is 2. The van der Waals surface area contributed by atoms with Crippen LogP contribution < -0.4 is 10.6 Å². The van der Waals surface area contributed by atoms with Crippen LogP contribution >= 0.6 is 23.2 Å². The molecule has 0 radical (unpaired) electrons. The minimum absolute atomic E-state index is 0.0349. The van der Waals surface area contributed by atoms with Gasteiger partial charge in [-0.25, -0.2) is 8.42 Å². The first kappa shape index (κ1) is 26.5. The lowest BCUT2D eigenvalue weighted by Crippen LogP contribution is -2.52. The van der Waals surface area contributed by atoms with E-state index in [2.05, 4.69) is 10.6 Å². The molecule has 186 valence electrons. The van der Waals surface area contributed by atoms with Crippen molar-refractivity contribution in [3.63, 3.8) is 0 Å². The number of hydrogen-bond donors (Lipinski definition) is 2. The van der Waals surface area contributed by atoms with Crippen LogP contribution in [0.25, 0.3) is 0 Å². The van der Waals surface area contributed by atoms with Gasteiger partial charge >= 0.3 is 0 Å². The lowest BCUT2D eigenvalue weighted by Gasteiger charge is -2.32. The molecule has 2 amide bonds. The molecular formula is C22H27Cl2N3O6S. The van der Waals surface area contributed by atoms with Crippen molar-refractivity contribution >= 4 is 45.0 Å². The van der Waals surface area contributed by atoms with Crippen LogP contribution in [0.15, 0.2) is 45.9 Å². The molecule has 2 aromatic rings. The summed E-state index contributed by atoms with van der Waals surface area (Å²) in [5.74, 6) is -0.628. The summed E-state index contributed by atoms with van der Waals surface area (Å²) < 4.78 is 38.2. The van der Waals surface area contributed by atoms with Crippen LogP contribution in [0.5, 0.6) is 0 Å². The molecule has 9 nitrogen and oxygen atoms in total. The maximum absolute atomic E-state index is 13.1. The van der Waals surface area contributed by atoms with E-state index >= 15 is 0 Å². The Hall–Kier alpha value is -2.11. The third kappa shape index (κ3) is 6.73. The highest BCUT2D eigenvalue weighted by molar-refractivity contribution is 7.89. The van der Waals surface area contributed by atoms with Crippen LogP contribution in [0.2, 0.25) is 10.0 Å². The van der Waals surface area contributed by atoms with Crippen LogP contribution in [0.4, 0.5) is 0 Å². The van der Waals surface area contributed by atoms with Gasteiger partial charge in [-0.05, 0) is 42.7 Å². The third-order valence-corrected chi connectivity index (χ3v) is 7.77. The molecule has 0 spiro atoms. The Labute approximate surface area is 208 Å². The second kappa shape index (κ2) is 11.5. The Kier molecular flexibility index (Phi) is 9.00. The number of carbonyl (C=O) groups excluding carboxylic acids is 2. The summed E-state index contributed by atoms with van der Waals surface area (Å²) in [6.45, 7) is 4.30. The predicted molar refractivity (Wildman–Crippen MR) is 127 cm³/mol. The van der Waals surface area contributed by atoms with Crippen molar-refractivity contribution in [2.45, 2.75) is 37.3 Å². The molecule has 2 heterocycles. The van der Waals surface area contributed by atoms with E-state index in [1.807, 2.05) is 13.8 Å². The van der Waals surface area contributed by atoms with Crippen molar-refractivity contribution in [1.82, 2.24) is 14.9 Å². The normalized spacial score (nSPS) is 18.0. The Balaban J connectivity index is 1.62. The van der Waals surface area contributed by atoms with E-state index in [0.717, 1.165) is 0 Å². The largest absolute Gasteiger partial charge is 0.459 e. The van der Waals surface area contributed by atoms with Crippen molar-refractivity contribution in [3.05, 3.63) is 52.4 Å². The summed E-state index contributed by atoms with van der Waals surface area (Å²) in [5.41, 5.74) is 0. The lowest BCUT2D eigenvalue weighted by atomic mass is 10.0. The molecule has 0 bridgehead atoms. The average molecular weight is 532 g/mol. The van der Waals surface area contributed by atoms with Crippen LogP contribution in [-0.4, -0.2) is 62.9 Å². The lowest BCUT2D eigenvalue weighted by molar-refractivity contribution is -0.124. The van der Waals surface area contributed by atoms with Crippen molar-refractivity contribution in [2.75, 3.05) is 26.2 Å². The Morgan fingerprint density at radius 3 is 2.65 bits per heavy atom. The summed E-state index contributed by atoms with van der Waals surface area (Å²) in [7, 11) is -3.87. The van der Waals surface area contributed by atoms with Gasteiger partial charge in [-0.15, -0.1) is 0 Å². The number of carbonyl (C=O) groups is 2. The van der Waals surface area contributed by atoms with Gasteiger partial charge < -0.3 is 19.8 Å². The summed E-state index contributed by atoms with van der Waals surface area (Å²) in [6.07, 6.45) is 1.22. The van der Waals surface area contributed by atoms with E-state index in [0.29, 0.717) is 11.4 Å². The number of rotatable bonds is 9. The fourth-order valence-corrected chi connectivity index (χ4v) is 5.74. The summed E-state index contributed by atoms with van der Waals surface area (Å²) >= 11 is 12.0. The van der Waals surface area contributed by atoms with Gasteiger partial charge in [0.2, 0.25) is 15.9 Å². The van der Waals surface area contributed by atoms with E-state index in [9.17, 15) is 18.0 Å². The molecule has 1 saturated heterocycles. The summed E-state index contributed by atoms with van der Waals surface area (Å²) in [5, 5.41) is 5.82. The van der Waals surface area contributed by atoms with E-state index < -0.39 is 34.0 Å². The molecule has 3 rings (SSSR count). The SMILES string of the molecule is CC(C)C[C@H](NC(=O)c1ccco1)C(=O)NCC1CN(S(=O)(=O)c2ccc(Cl)cc2Cl)CCO1. The first-order chi connectivity index (χ1) is 16.1. The van der Waals surface area contributed by atoms with E-state index in [-0.39, 0.29) is 47.8 Å². The van der Waals surface area contributed by atoms with Gasteiger partial charge in [-0.1, -0.05) is 37.0 Å². The third-order valence-electron chi connectivity index (χ3n) is 5.19. The minimum atomic E-state index is -3.87. The second-order valence-corrected chi connectivity index (χ2v) is 11.1. The van der Waals surface area contributed by atoms with Crippen LogP contribution in [0.3, 0.4) is 0 Å². The zero-order chi connectivity index (χ0) is 24.9. The smallest absolute Gasteiger partial charge is 0.287 e. The molecule has 1 aromatic heterocycles. The number of nitrogens with zero attached hydrogens (tertiary/aromatic N) is 1. The number of morpholine rings is 1. The van der Waals surface area contributed by atoms with Gasteiger partial charge in [0.25, 0.3) is 5.91 Å². The standard InChI is InChI=1S/C22H27Cl2N3O6S/c1-14(2)10-18(26-22(29)19-4-3-8-33-19)21(28)25-12-16-13-27(7-9-32-16)34(30,31)20-6-5-15(23)11-17(20)24/h3-6,8,11,14,16,18H,7,9-10,12-13H2,1-2H3,(H,25,28)(H,26,29)/t16?,18-/m0/s1. The highest BCUT2D eigenvalue weighted by atomic mass is 35.5. The minimum Gasteiger partial charge on any atom is -0.459 e. The van der Waals surface area contributed by atoms with E-state index in [1.54, 1.807) is 6.07 Å². The number of ether oxygens (including phenoxy) is 1.